The molecule has 2 rings (SSSR count). The molecule has 1 heterocycles. The van der Waals surface area contributed by atoms with Crippen molar-refractivity contribution in [3.05, 3.63) is 5.82 Å². The van der Waals surface area contributed by atoms with Crippen molar-refractivity contribution in [2.45, 2.75) is 31.6 Å². The van der Waals surface area contributed by atoms with Gasteiger partial charge in [0, 0.05) is 7.05 Å². The highest BCUT2D eigenvalue weighted by Gasteiger charge is 2.52. The standard InChI is InChI=1S/C9H14N4O2/c1-6-4-3-5-9(6,8(14)15)7-10-11-12-13(7)2/h6H,3-5H2,1-2H3,(H,14,15). The molecule has 1 fully saturated rings. The van der Waals surface area contributed by atoms with Gasteiger partial charge in [-0.3, -0.25) is 4.79 Å². The first-order valence-corrected chi connectivity index (χ1v) is 5.05. The summed E-state index contributed by atoms with van der Waals surface area (Å²) in [5.74, 6) is -0.259. The molecule has 0 spiro atoms. The Balaban J connectivity index is 2.53. The van der Waals surface area contributed by atoms with E-state index in [1.807, 2.05) is 6.92 Å². The van der Waals surface area contributed by atoms with Crippen molar-refractivity contribution in [2.24, 2.45) is 13.0 Å². The fraction of sp³-hybridized carbons (Fsp3) is 0.778. The average Bonchev–Trinajstić information content (AvgIpc) is 2.72. The second kappa shape index (κ2) is 3.29. The SMILES string of the molecule is CC1CCCC1(C(=O)O)c1nnnn1C. The maximum atomic E-state index is 11.5. The molecule has 1 saturated carbocycles. The Morgan fingerprint density at radius 2 is 2.40 bits per heavy atom. The van der Waals surface area contributed by atoms with E-state index in [0.29, 0.717) is 12.2 Å². The summed E-state index contributed by atoms with van der Waals surface area (Å²) in [6.45, 7) is 1.95. The zero-order valence-electron chi connectivity index (χ0n) is 8.84. The molecule has 1 aliphatic carbocycles. The monoisotopic (exact) mass is 210 g/mol. The van der Waals surface area contributed by atoms with E-state index in [1.54, 1.807) is 7.05 Å². The summed E-state index contributed by atoms with van der Waals surface area (Å²) in [6, 6.07) is 0. The molecule has 2 atom stereocenters. The molecule has 0 saturated heterocycles. The number of carbonyl (C=O) groups is 1. The fourth-order valence-electron chi connectivity index (χ4n) is 2.53. The van der Waals surface area contributed by atoms with E-state index in [1.165, 1.54) is 4.68 Å². The van der Waals surface area contributed by atoms with Gasteiger partial charge in [-0.15, -0.1) is 5.10 Å². The van der Waals surface area contributed by atoms with Crippen LogP contribution in [0, 0.1) is 5.92 Å². The van der Waals surface area contributed by atoms with E-state index in [9.17, 15) is 9.90 Å². The number of rotatable bonds is 2. The van der Waals surface area contributed by atoms with Crippen LogP contribution in [0.4, 0.5) is 0 Å². The Bertz CT molecular complexity index is 389. The lowest BCUT2D eigenvalue weighted by Crippen LogP contribution is -2.40. The van der Waals surface area contributed by atoms with Crippen LogP contribution in [0.3, 0.4) is 0 Å². The van der Waals surface area contributed by atoms with Crippen molar-refractivity contribution in [1.82, 2.24) is 20.2 Å². The number of aryl methyl sites for hydroxylation is 1. The van der Waals surface area contributed by atoms with Crippen LogP contribution in [0.25, 0.3) is 0 Å². The van der Waals surface area contributed by atoms with E-state index in [0.717, 1.165) is 12.8 Å². The largest absolute Gasteiger partial charge is 0.480 e. The van der Waals surface area contributed by atoms with Crippen molar-refractivity contribution in [3.63, 3.8) is 0 Å². The molecular formula is C9H14N4O2. The van der Waals surface area contributed by atoms with Gasteiger partial charge in [0.15, 0.2) is 5.82 Å². The average molecular weight is 210 g/mol. The third kappa shape index (κ3) is 1.24. The molecule has 0 bridgehead atoms. The third-order valence-electron chi connectivity index (χ3n) is 3.45. The summed E-state index contributed by atoms with van der Waals surface area (Å²) < 4.78 is 1.47. The Labute approximate surface area is 87.3 Å². The van der Waals surface area contributed by atoms with Crippen LogP contribution in [-0.2, 0) is 17.3 Å². The molecule has 15 heavy (non-hydrogen) atoms. The molecular weight excluding hydrogens is 196 g/mol. The number of aliphatic carboxylic acids is 1. The van der Waals surface area contributed by atoms with E-state index in [2.05, 4.69) is 15.5 Å². The summed E-state index contributed by atoms with van der Waals surface area (Å²) in [5.41, 5.74) is -0.891. The lowest BCUT2D eigenvalue weighted by atomic mass is 9.78. The number of aromatic nitrogens is 4. The molecule has 1 aromatic rings. The maximum Gasteiger partial charge on any atom is 0.317 e. The van der Waals surface area contributed by atoms with Crippen LogP contribution in [0.1, 0.15) is 32.0 Å². The number of hydrogen-bond donors (Lipinski definition) is 1. The minimum atomic E-state index is -0.891. The molecule has 82 valence electrons. The first-order chi connectivity index (χ1) is 7.09. The van der Waals surface area contributed by atoms with Gasteiger partial charge in [-0.05, 0) is 29.2 Å². The van der Waals surface area contributed by atoms with Gasteiger partial charge < -0.3 is 5.11 Å². The van der Waals surface area contributed by atoms with Crippen molar-refractivity contribution in [3.8, 4) is 0 Å². The lowest BCUT2D eigenvalue weighted by Gasteiger charge is -2.26. The first-order valence-electron chi connectivity index (χ1n) is 5.05. The second-order valence-corrected chi connectivity index (χ2v) is 4.20. The van der Waals surface area contributed by atoms with Crippen molar-refractivity contribution < 1.29 is 9.90 Å². The van der Waals surface area contributed by atoms with Crippen molar-refractivity contribution in [2.75, 3.05) is 0 Å². The molecule has 1 aromatic heterocycles. The van der Waals surface area contributed by atoms with E-state index in [4.69, 9.17) is 0 Å². The highest BCUT2D eigenvalue weighted by molar-refractivity contribution is 5.81. The normalized spacial score (nSPS) is 30.7. The van der Waals surface area contributed by atoms with Crippen LogP contribution in [0.5, 0.6) is 0 Å². The van der Waals surface area contributed by atoms with Crippen LogP contribution >= 0.6 is 0 Å². The Morgan fingerprint density at radius 3 is 2.80 bits per heavy atom. The quantitative estimate of drug-likeness (QED) is 0.761. The molecule has 0 aliphatic heterocycles. The van der Waals surface area contributed by atoms with Crippen molar-refractivity contribution >= 4 is 5.97 Å². The van der Waals surface area contributed by atoms with Gasteiger partial charge >= 0.3 is 5.97 Å². The van der Waals surface area contributed by atoms with E-state index >= 15 is 0 Å². The van der Waals surface area contributed by atoms with Gasteiger partial charge in [-0.1, -0.05) is 13.3 Å². The number of carboxylic acids is 1. The Morgan fingerprint density at radius 1 is 1.67 bits per heavy atom. The highest BCUT2D eigenvalue weighted by atomic mass is 16.4. The molecule has 0 aromatic carbocycles. The lowest BCUT2D eigenvalue weighted by molar-refractivity contribution is -0.145. The van der Waals surface area contributed by atoms with Gasteiger partial charge in [-0.2, -0.15) is 0 Å². The Kier molecular flexibility index (Phi) is 2.21. The van der Waals surface area contributed by atoms with Gasteiger partial charge in [0.25, 0.3) is 0 Å². The van der Waals surface area contributed by atoms with E-state index < -0.39 is 11.4 Å². The summed E-state index contributed by atoms with van der Waals surface area (Å²) in [6.07, 6.45) is 2.46. The summed E-state index contributed by atoms with van der Waals surface area (Å²) in [7, 11) is 1.69. The number of nitrogens with zero attached hydrogens (tertiary/aromatic N) is 4. The predicted molar refractivity (Wildman–Crippen MR) is 51.1 cm³/mol. The summed E-state index contributed by atoms with van der Waals surface area (Å²) in [4.78, 5) is 11.5. The van der Waals surface area contributed by atoms with Gasteiger partial charge in [-0.25, -0.2) is 4.68 Å². The minimum absolute atomic E-state index is 0.0831. The molecule has 1 N–H and O–H groups in total. The molecule has 2 unspecified atom stereocenters. The second-order valence-electron chi connectivity index (χ2n) is 4.20. The smallest absolute Gasteiger partial charge is 0.317 e. The number of tetrazole rings is 1. The number of carboxylic acid groups (broad SMARTS) is 1. The molecule has 1 aliphatic rings. The van der Waals surface area contributed by atoms with Crippen LogP contribution in [-0.4, -0.2) is 31.3 Å². The summed E-state index contributed by atoms with van der Waals surface area (Å²) in [5, 5.41) is 20.5. The fourth-order valence-corrected chi connectivity index (χ4v) is 2.53. The highest BCUT2D eigenvalue weighted by Crippen LogP contribution is 2.44. The zero-order chi connectivity index (χ0) is 11.1. The minimum Gasteiger partial charge on any atom is -0.480 e. The maximum absolute atomic E-state index is 11.5. The third-order valence-corrected chi connectivity index (χ3v) is 3.45. The van der Waals surface area contributed by atoms with Gasteiger partial charge in [0.05, 0.1) is 0 Å². The molecule has 6 heteroatoms. The van der Waals surface area contributed by atoms with Crippen LogP contribution in [0.2, 0.25) is 0 Å². The topological polar surface area (TPSA) is 80.9 Å². The van der Waals surface area contributed by atoms with Gasteiger partial charge in [0.2, 0.25) is 0 Å². The predicted octanol–water partition coefficient (Wildman–Crippen LogP) is 0.352. The van der Waals surface area contributed by atoms with Crippen molar-refractivity contribution in [1.29, 1.82) is 0 Å². The molecule has 0 amide bonds. The first kappa shape index (κ1) is 10.1. The van der Waals surface area contributed by atoms with Gasteiger partial charge in [0.1, 0.15) is 5.41 Å². The Hall–Kier alpha value is -1.46. The van der Waals surface area contributed by atoms with Crippen LogP contribution < -0.4 is 0 Å². The van der Waals surface area contributed by atoms with Crippen LogP contribution in [0.15, 0.2) is 0 Å². The summed E-state index contributed by atoms with van der Waals surface area (Å²) >= 11 is 0. The molecule has 0 radical (unpaired) electrons. The molecule has 6 nitrogen and oxygen atoms in total. The number of hydrogen-bond acceptors (Lipinski definition) is 4. The van der Waals surface area contributed by atoms with E-state index in [-0.39, 0.29) is 5.92 Å². The zero-order valence-corrected chi connectivity index (χ0v) is 8.84.